The number of carbonyl (C=O) groups excluding carboxylic acids is 1. The molecule has 3 rings (SSSR count). The van der Waals surface area contributed by atoms with Gasteiger partial charge >= 0.3 is 12.1 Å². The van der Waals surface area contributed by atoms with Crippen LogP contribution in [0, 0.1) is 0 Å². The van der Waals surface area contributed by atoms with Gasteiger partial charge in [0.05, 0.1) is 13.3 Å². The summed E-state index contributed by atoms with van der Waals surface area (Å²) in [5.41, 5.74) is -0.256. The highest BCUT2D eigenvalue weighted by molar-refractivity contribution is 5.95. The average molecular weight is 414 g/mol. The van der Waals surface area contributed by atoms with Gasteiger partial charge in [0.2, 0.25) is 5.88 Å². The van der Waals surface area contributed by atoms with Gasteiger partial charge in [0.25, 0.3) is 0 Å². The molecular weight excluding hydrogens is 392 g/mol. The number of methoxy groups -OCH3 is 1. The van der Waals surface area contributed by atoms with Crippen LogP contribution < -0.4 is 15.0 Å². The van der Waals surface area contributed by atoms with Crippen molar-refractivity contribution in [3.05, 3.63) is 36.2 Å². The number of rotatable bonds is 5. The van der Waals surface area contributed by atoms with E-state index in [1.165, 1.54) is 29.8 Å². The summed E-state index contributed by atoms with van der Waals surface area (Å²) in [6.45, 7) is 5.25. The van der Waals surface area contributed by atoms with E-state index in [0.29, 0.717) is 11.6 Å². The largest absolute Gasteiger partial charge is 0.480 e. The Hall–Kier alpha value is -3.89. The van der Waals surface area contributed by atoms with E-state index < -0.39 is 17.7 Å². The third-order valence-electron chi connectivity index (χ3n) is 3.92. The maximum absolute atomic E-state index is 12.6. The van der Waals surface area contributed by atoms with Crippen molar-refractivity contribution in [2.45, 2.75) is 26.4 Å². The molecule has 3 aromatic heterocycles. The first kappa shape index (κ1) is 20.8. The second-order valence-corrected chi connectivity index (χ2v) is 7.32. The van der Waals surface area contributed by atoms with Crippen LogP contribution in [0.25, 0.3) is 5.65 Å². The number of aromatic carboxylic acids is 1. The number of anilines is 3. The van der Waals surface area contributed by atoms with E-state index in [1.807, 2.05) is 0 Å². The van der Waals surface area contributed by atoms with E-state index in [2.05, 4.69) is 20.4 Å². The highest BCUT2D eigenvalue weighted by Gasteiger charge is 2.25. The molecule has 3 heterocycles. The molecule has 158 valence electrons. The SMILES string of the molecule is COc1ncccc1Nc1cc(N(C)C(=O)OC(C)(C)C)n2ncc(C(=O)O)c2n1. The van der Waals surface area contributed by atoms with Gasteiger partial charge in [-0.25, -0.2) is 19.6 Å². The van der Waals surface area contributed by atoms with Crippen LogP contribution in [0.1, 0.15) is 31.1 Å². The molecule has 0 aliphatic rings. The van der Waals surface area contributed by atoms with Crippen molar-refractivity contribution in [2.24, 2.45) is 0 Å². The van der Waals surface area contributed by atoms with Crippen molar-refractivity contribution in [1.82, 2.24) is 19.6 Å². The summed E-state index contributed by atoms with van der Waals surface area (Å²) in [4.78, 5) is 33.9. The van der Waals surface area contributed by atoms with E-state index in [0.717, 1.165) is 0 Å². The first-order valence-electron chi connectivity index (χ1n) is 8.95. The number of nitrogens with zero attached hydrogens (tertiary/aromatic N) is 5. The van der Waals surface area contributed by atoms with Crippen molar-refractivity contribution in [3.8, 4) is 5.88 Å². The normalized spacial score (nSPS) is 11.2. The maximum atomic E-state index is 12.6. The average Bonchev–Trinajstić information content (AvgIpc) is 3.10. The summed E-state index contributed by atoms with van der Waals surface area (Å²) in [6, 6.07) is 4.98. The molecule has 0 fully saturated rings. The Bertz CT molecular complexity index is 1100. The summed E-state index contributed by atoms with van der Waals surface area (Å²) in [5.74, 6) is -0.345. The Morgan fingerprint density at radius 2 is 2.03 bits per heavy atom. The fraction of sp³-hybridized carbons (Fsp3) is 0.316. The number of aromatic nitrogens is 4. The van der Waals surface area contributed by atoms with E-state index in [1.54, 1.807) is 45.2 Å². The second-order valence-electron chi connectivity index (χ2n) is 7.32. The summed E-state index contributed by atoms with van der Waals surface area (Å²) in [7, 11) is 2.98. The van der Waals surface area contributed by atoms with Crippen LogP contribution in [0.15, 0.2) is 30.6 Å². The van der Waals surface area contributed by atoms with Crippen molar-refractivity contribution in [1.29, 1.82) is 0 Å². The first-order valence-corrected chi connectivity index (χ1v) is 8.95. The van der Waals surface area contributed by atoms with Gasteiger partial charge in [-0.1, -0.05) is 0 Å². The van der Waals surface area contributed by atoms with Crippen molar-refractivity contribution in [2.75, 3.05) is 24.4 Å². The summed E-state index contributed by atoms with van der Waals surface area (Å²) in [5, 5.41) is 16.6. The second kappa shape index (κ2) is 7.85. The predicted octanol–water partition coefficient (Wildman–Crippen LogP) is 2.95. The molecule has 0 radical (unpaired) electrons. The summed E-state index contributed by atoms with van der Waals surface area (Å²) in [6.07, 6.45) is 2.11. The molecule has 11 heteroatoms. The molecule has 0 bridgehead atoms. The number of fused-ring (bicyclic) bond motifs is 1. The lowest BCUT2D eigenvalue weighted by Gasteiger charge is -2.25. The first-order chi connectivity index (χ1) is 14.1. The molecule has 1 amide bonds. The molecule has 0 aliphatic heterocycles. The van der Waals surface area contributed by atoms with Gasteiger partial charge in [0, 0.05) is 19.3 Å². The summed E-state index contributed by atoms with van der Waals surface area (Å²) < 4.78 is 11.9. The van der Waals surface area contributed by atoms with Crippen molar-refractivity contribution in [3.63, 3.8) is 0 Å². The van der Waals surface area contributed by atoms with Crippen LogP contribution in [0.4, 0.5) is 22.1 Å². The number of pyridine rings is 1. The van der Waals surface area contributed by atoms with E-state index in [9.17, 15) is 14.7 Å². The molecule has 11 nitrogen and oxygen atoms in total. The van der Waals surface area contributed by atoms with Gasteiger partial charge in [0.15, 0.2) is 5.65 Å². The number of carbonyl (C=O) groups is 2. The van der Waals surface area contributed by atoms with E-state index in [4.69, 9.17) is 9.47 Å². The molecule has 0 atom stereocenters. The molecule has 30 heavy (non-hydrogen) atoms. The Morgan fingerprint density at radius 3 is 2.67 bits per heavy atom. The van der Waals surface area contributed by atoms with Crippen LogP contribution in [0.5, 0.6) is 5.88 Å². The van der Waals surface area contributed by atoms with Crippen LogP contribution in [-0.4, -0.2) is 56.5 Å². The monoisotopic (exact) mass is 414 g/mol. The molecule has 0 saturated heterocycles. The van der Waals surface area contributed by atoms with Crippen molar-refractivity contribution >= 4 is 35.0 Å². The fourth-order valence-electron chi connectivity index (χ4n) is 2.61. The number of hydrogen-bond acceptors (Lipinski definition) is 8. The zero-order valence-electron chi connectivity index (χ0n) is 17.2. The van der Waals surface area contributed by atoms with Crippen molar-refractivity contribution < 1.29 is 24.2 Å². The maximum Gasteiger partial charge on any atom is 0.415 e. The van der Waals surface area contributed by atoms with Gasteiger partial charge in [-0.2, -0.15) is 9.61 Å². The number of nitrogens with one attached hydrogen (secondary N) is 1. The molecule has 2 N–H and O–H groups in total. The minimum Gasteiger partial charge on any atom is -0.480 e. The molecule has 0 unspecified atom stereocenters. The minimum absolute atomic E-state index is 0.0563. The molecule has 0 spiro atoms. The highest BCUT2D eigenvalue weighted by atomic mass is 16.6. The minimum atomic E-state index is -1.19. The molecule has 0 aliphatic carbocycles. The van der Waals surface area contributed by atoms with Gasteiger partial charge < -0.3 is 19.9 Å². The number of amides is 1. The number of carboxylic acids is 1. The van der Waals surface area contributed by atoms with Gasteiger partial charge in [-0.3, -0.25) is 4.90 Å². The lowest BCUT2D eigenvalue weighted by atomic mass is 10.2. The standard InChI is InChI=1S/C19H22N6O5/c1-19(2,3)30-18(28)24(4)14-9-13(22-12-7-6-8-20-16(12)29-5)23-15-11(17(26)27)10-21-25(14)15/h6-10H,1-5H3,(H,22,23)(H,26,27). The van der Waals surface area contributed by atoms with Gasteiger partial charge in [-0.15, -0.1) is 0 Å². The predicted molar refractivity (Wildman–Crippen MR) is 109 cm³/mol. The van der Waals surface area contributed by atoms with Crippen LogP contribution >= 0.6 is 0 Å². The molecular formula is C19H22N6O5. The Morgan fingerprint density at radius 1 is 1.30 bits per heavy atom. The number of carboxylic acid groups (broad SMARTS) is 1. The van der Waals surface area contributed by atoms with Crippen LogP contribution in [-0.2, 0) is 4.74 Å². The topological polar surface area (TPSA) is 131 Å². The van der Waals surface area contributed by atoms with Gasteiger partial charge in [0.1, 0.15) is 28.5 Å². The fourth-order valence-corrected chi connectivity index (χ4v) is 2.61. The quantitative estimate of drug-likeness (QED) is 0.647. The Balaban J connectivity index is 2.11. The number of hydrogen-bond donors (Lipinski definition) is 2. The highest BCUT2D eigenvalue weighted by Crippen LogP contribution is 2.28. The molecule has 3 aromatic rings. The number of ether oxygens (including phenoxy) is 2. The Kier molecular flexibility index (Phi) is 5.45. The Labute approximate surface area is 172 Å². The zero-order valence-corrected chi connectivity index (χ0v) is 17.2. The van der Waals surface area contributed by atoms with E-state index in [-0.39, 0.29) is 22.8 Å². The zero-order chi connectivity index (χ0) is 22.1. The third-order valence-corrected chi connectivity index (χ3v) is 3.92. The third kappa shape index (κ3) is 4.24. The smallest absolute Gasteiger partial charge is 0.415 e. The lowest BCUT2D eigenvalue weighted by Crippen LogP contribution is -2.35. The molecule has 0 saturated carbocycles. The van der Waals surface area contributed by atoms with Crippen LogP contribution in [0.2, 0.25) is 0 Å². The molecule has 0 aromatic carbocycles. The summed E-state index contributed by atoms with van der Waals surface area (Å²) >= 11 is 0. The van der Waals surface area contributed by atoms with Crippen LogP contribution in [0.3, 0.4) is 0 Å². The lowest BCUT2D eigenvalue weighted by molar-refractivity contribution is 0.0587. The van der Waals surface area contributed by atoms with Gasteiger partial charge in [-0.05, 0) is 32.9 Å². The van der Waals surface area contributed by atoms with E-state index >= 15 is 0 Å².